The largest absolute Gasteiger partial charge is 0.386 e. The Balaban J connectivity index is 2.09. The predicted molar refractivity (Wildman–Crippen MR) is 80.8 cm³/mol. The van der Waals surface area contributed by atoms with Crippen LogP contribution in [0.5, 0.6) is 0 Å². The minimum atomic E-state index is -0.901. The zero-order valence-corrected chi connectivity index (χ0v) is 12.1. The lowest BCUT2D eigenvalue weighted by molar-refractivity contribution is -0.384. The van der Waals surface area contributed by atoms with Crippen LogP contribution in [0.2, 0.25) is 0 Å². The Labute approximate surface area is 123 Å². The van der Waals surface area contributed by atoms with Crippen molar-refractivity contribution < 1.29 is 14.8 Å². The first-order valence-electron chi connectivity index (χ1n) is 7.10. The zero-order valence-electron chi connectivity index (χ0n) is 12.1. The minimum absolute atomic E-state index is 0.0215. The fourth-order valence-electron chi connectivity index (χ4n) is 2.19. The van der Waals surface area contributed by atoms with Gasteiger partial charge in [0, 0.05) is 49.6 Å². The highest BCUT2D eigenvalue weighted by Gasteiger charge is 2.32. The van der Waals surface area contributed by atoms with Crippen LogP contribution in [0.25, 0.3) is 0 Å². The van der Waals surface area contributed by atoms with Crippen molar-refractivity contribution in [2.24, 2.45) is 0 Å². The number of benzene rings is 1. The summed E-state index contributed by atoms with van der Waals surface area (Å²) in [6.07, 6.45) is 1.50. The minimum Gasteiger partial charge on any atom is -0.386 e. The number of nitro groups is 1. The SMILES string of the molecule is CCCNc1cc(NCC2(O)CCOC2)cc([N+](=O)[O-])c1. The smallest absolute Gasteiger partial charge is 0.273 e. The molecule has 0 aromatic heterocycles. The summed E-state index contributed by atoms with van der Waals surface area (Å²) in [6.45, 7) is 3.91. The molecule has 0 saturated carbocycles. The number of ether oxygens (including phenoxy) is 1. The topological polar surface area (TPSA) is 96.7 Å². The molecule has 3 N–H and O–H groups in total. The highest BCUT2D eigenvalue weighted by molar-refractivity contribution is 5.63. The molecule has 1 aromatic rings. The molecule has 1 fully saturated rings. The van der Waals surface area contributed by atoms with Crippen LogP contribution in [0, 0.1) is 10.1 Å². The Morgan fingerprint density at radius 2 is 2.10 bits per heavy atom. The van der Waals surface area contributed by atoms with Crippen molar-refractivity contribution in [1.29, 1.82) is 0 Å². The van der Waals surface area contributed by atoms with Crippen LogP contribution in [0.15, 0.2) is 18.2 Å². The molecule has 1 atom stereocenters. The third kappa shape index (κ3) is 4.30. The molecule has 0 bridgehead atoms. The fraction of sp³-hybridized carbons (Fsp3) is 0.571. The number of non-ortho nitro benzene ring substituents is 1. The van der Waals surface area contributed by atoms with E-state index in [9.17, 15) is 15.2 Å². The first-order chi connectivity index (χ1) is 10.0. The van der Waals surface area contributed by atoms with E-state index < -0.39 is 10.5 Å². The average molecular weight is 295 g/mol. The van der Waals surface area contributed by atoms with Crippen LogP contribution in [0.3, 0.4) is 0 Å². The number of hydrogen-bond acceptors (Lipinski definition) is 6. The van der Waals surface area contributed by atoms with Crippen molar-refractivity contribution in [3.8, 4) is 0 Å². The summed E-state index contributed by atoms with van der Waals surface area (Å²) in [5, 5.41) is 27.4. The van der Waals surface area contributed by atoms with Gasteiger partial charge in [-0.25, -0.2) is 0 Å². The summed E-state index contributed by atoms with van der Waals surface area (Å²) in [5.41, 5.74) is 0.432. The van der Waals surface area contributed by atoms with Gasteiger partial charge in [-0.05, 0) is 12.5 Å². The van der Waals surface area contributed by atoms with Gasteiger partial charge in [-0.15, -0.1) is 0 Å². The van der Waals surface area contributed by atoms with E-state index >= 15 is 0 Å². The summed E-state index contributed by atoms with van der Waals surface area (Å²) < 4.78 is 5.18. The fourth-order valence-corrected chi connectivity index (χ4v) is 2.19. The molecule has 1 aliphatic heterocycles. The maximum Gasteiger partial charge on any atom is 0.273 e. The van der Waals surface area contributed by atoms with E-state index in [4.69, 9.17) is 4.74 Å². The molecule has 0 aliphatic carbocycles. The lowest BCUT2D eigenvalue weighted by Gasteiger charge is -2.21. The quantitative estimate of drug-likeness (QED) is 0.526. The van der Waals surface area contributed by atoms with Crippen LogP contribution >= 0.6 is 0 Å². The van der Waals surface area contributed by atoms with Crippen molar-refractivity contribution in [3.63, 3.8) is 0 Å². The van der Waals surface area contributed by atoms with Gasteiger partial charge in [-0.3, -0.25) is 10.1 Å². The van der Waals surface area contributed by atoms with Crippen molar-refractivity contribution >= 4 is 17.1 Å². The van der Waals surface area contributed by atoms with Gasteiger partial charge in [0.25, 0.3) is 5.69 Å². The van der Waals surface area contributed by atoms with Crippen LogP contribution in [-0.2, 0) is 4.74 Å². The van der Waals surface area contributed by atoms with Crippen LogP contribution in [0.1, 0.15) is 19.8 Å². The lowest BCUT2D eigenvalue weighted by atomic mass is 10.0. The Morgan fingerprint density at radius 1 is 1.38 bits per heavy atom. The molecular formula is C14H21N3O4. The maximum atomic E-state index is 11.0. The molecule has 7 nitrogen and oxygen atoms in total. The molecule has 1 aromatic carbocycles. The van der Waals surface area contributed by atoms with Gasteiger partial charge in [0.05, 0.1) is 11.5 Å². The summed E-state index contributed by atoms with van der Waals surface area (Å²) >= 11 is 0. The van der Waals surface area contributed by atoms with Gasteiger partial charge in [0.2, 0.25) is 0 Å². The lowest BCUT2D eigenvalue weighted by Crippen LogP contribution is -2.37. The normalized spacial score (nSPS) is 21.2. The van der Waals surface area contributed by atoms with E-state index in [-0.39, 0.29) is 12.3 Å². The van der Waals surface area contributed by atoms with Crippen molar-refractivity contribution in [1.82, 2.24) is 0 Å². The van der Waals surface area contributed by atoms with Crippen LogP contribution < -0.4 is 10.6 Å². The number of rotatable bonds is 7. The number of aliphatic hydroxyl groups is 1. The molecule has 21 heavy (non-hydrogen) atoms. The number of nitrogens with one attached hydrogen (secondary N) is 2. The molecule has 7 heteroatoms. The highest BCUT2D eigenvalue weighted by atomic mass is 16.6. The molecule has 1 aliphatic rings. The van der Waals surface area contributed by atoms with Crippen molar-refractivity contribution in [2.75, 3.05) is 36.9 Å². The molecule has 2 rings (SSSR count). The molecule has 0 spiro atoms. The van der Waals surface area contributed by atoms with E-state index in [2.05, 4.69) is 10.6 Å². The molecular weight excluding hydrogens is 274 g/mol. The third-order valence-electron chi connectivity index (χ3n) is 3.41. The first kappa shape index (κ1) is 15.5. The second kappa shape index (κ2) is 6.73. The van der Waals surface area contributed by atoms with E-state index in [0.717, 1.165) is 13.0 Å². The Bertz CT molecular complexity index is 501. The van der Waals surface area contributed by atoms with E-state index in [1.54, 1.807) is 0 Å². The summed E-state index contributed by atoms with van der Waals surface area (Å²) in [6, 6.07) is 4.78. The molecule has 1 saturated heterocycles. The van der Waals surface area contributed by atoms with Crippen molar-refractivity contribution in [3.05, 3.63) is 28.3 Å². The number of nitrogens with zero attached hydrogens (tertiary/aromatic N) is 1. The molecule has 0 radical (unpaired) electrons. The maximum absolute atomic E-state index is 11.0. The predicted octanol–water partition coefficient (Wildman–Crippen LogP) is 1.98. The number of hydrogen-bond donors (Lipinski definition) is 3. The average Bonchev–Trinajstić information content (AvgIpc) is 2.90. The van der Waals surface area contributed by atoms with Gasteiger partial charge >= 0.3 is 0 Å². The molecule has 116 valence electrons. The van der Waals surface area contributed by atoms with E-state index in [0.29, 0.717) is 30.9 Å². The standard InChI is InChI=1S/C14H21N3O4/c1-2-4-15-11-6-12(8-13(7-11)17(19)20)16-9-14(18)3-5-21-10-14/h6-8,15-16,18H,2-5,9-10H2,1H3. The molecule has 0 amide bonds. The Kier molecular flexibility index (Phi) is 4.98. The van der Waals surface area contributed by atoms with Gasteiger partial charge in [-0.1, -0.05) is 6.92 Å². The first-order valence-corrected chi connectivity index (χ1v) is 7.10. The molecule has 1 heterocycles. The summed E-state index contributed by atoms with van der Waals surface area (Å²) in [7, 11) is 0. The number of nitro benzene ring substituents is 1. The van der Waals surface area contributed by atoms with Gasteiger partial charge in [0.15, 0.2) is 0 Å². The third-order valence-corrected chi connectivity index (χ3v) is 3.41. The monoisotopic (exact) mass is 295 g/mol. The summed E-state index contributed by atoms with van der Waals surface area (Å²) in [5.74, 6) is 0. The van der Waals surface area contributed by atoms with E-state index in [1.807, 2.05) is 13.0 Å². The van der Waals surface area contributed by atoms with Crippen LogP contribution in [0.4, 0.5) is 17.1 Å². The highest BCUT2D eigenvalue weighted by Crippen LogP contribution is 2.26. The summed E-state index contributed by atoms with van der Waals surface area (Å²) in [4.78, 5) is 10.6. The van der Waals surface area contributed by atoms with Gasteiger partial charge < -0.3 is 20.5 Å². The van der Waals surface area contributed by atoms with Crippen molar-refractivity contribution in [2.45, 2.75) is 25.4 Å². The Hall–Kier alpha value is -1.86. The van der Waals surface area contributed by atoms with Crippen LogP contribution in [-0.4, -0.2) is 41.9 Å². The second-order valence-corrected chi connectivity index (χ2v) is 5.33. The Morgan fingerprint density at radius 3 is 2.67 bits per heavy atom. The van der Waals surface area contributed by atoms with E-state index in [1.165, 1.54) is 12.1 Å². The number of anilines is 2. The van der Waals surface area contributed by atoms with Gasteiger partial charge in [-0.2, -0.15) is 0 Å². The zero-order chi connectivity index (χ0) is 15.3. The van der Waals surface area contributed by atoms with Gasteiger partial charge in [0.1, 0.15) is 5.60 Å². The second-order valence-electron chi connectivity index (χ2n) is 5.33. The molecule has 1 unspecified atom stereocenters.